The molecule has 0 amide bonds. The fourth-order valence-corrected chi connectivity index (χ4v) is 4.00. The van der Waals surface area contributed by atoms with Crippen molar-refractivity contribution >= 4 is 0 Å². The smallest absolute Gasteiger partial charge is 0.0702 e. The summed E-state index contributed by atoms with van der Waals surface area (Å²) in [5.41, 5.74) is 0.496. The summed E-state index contributed by atoms with van der Waals surface area (Å²) in [5, 5.41) is 3.46. The molecule has 0 radical (unpaired) electrons. The molecule has 1 N–H and O–H groups in total. The van der Waals surface area contributed by atoms with Crippen LogP contribution in [0.1, 0.15) is 52.4 Å². The van der Waals surface area contributed by atoms with Gasteiger partial charge < -0.3 is 15.0 Å². The van der Waals surface area contributed by atoms with Crippen LogP contribution in [-0.2, 0) is 4.74 Å². The summed E-state index contributed by atoms with van der Waals surface area (Å²) in [6.45, 7) is 10.4. The van der Waals surface area contributed by atoms with Crippen LogP contribution >= 0.6 is 0 Å². The molecule has 3 heteroatoms. The normalized spacial score (nSPS) is 34.8. The molecular weight excluding hydrogens is 248 g/mol. The molecule has 118 valence electrons. The van der Waals surface area contributed by atoms with Gasteiger partial charge in [-0.25, -0.2) is 0 Å². The van der Waals surface area contributed by atoms with Crippen molar-refractivity contribution in [1.82, 2.24) is 10.2 Å². The van der Waals surface area contributed by atoms with Gasteiger partial charge in [0.1, 0.15) is 0 Å². The molecule has 1 saturated heterocycles. The minimum absolute atomic E-state index is 0.490. The Bertz CT molecular complexity index is 268. The molecule has 0 spiro atoms. The monoisotopic (exact) mass is 282 g/mol. The molecule has 1 heterocycles. The van der Waals surface area contributed by atoms with Gasteiger partial charge in [0.15, 0.2) is 0 Å². The van der Waals surface area contributed by atoms with Gasteiger partial charge in [-0.05, 0) is 50.6 Å². The Morgan fingerprint density at radius 2 is 2.00 bits per heavy atom. The minimum Gasteiger partial charge on any atom is -0.377 e. The van der Waals surface area contributed by atoms with Gasteiger partial charge in [0, 0.05) is 26.2 Å². The van der Waals surface area contributed by atoms with Crippen molar-refractivity contribution in [3.63, 3.8) is 0 Å². The van der Waals surface area contributed by atoms with Crippen LogP contribution in [0.2, 0.25) is 0 Å². The third kappa shape index (κ3) is 4.44. The number of hydrogen-bond acceptors (Lipinski definition) is 3. The average molecular weight is 282 g/mol. The van der Waals surface area contributed by atoms with E-state index in [1.807, 2.05) is 0 Å². The molecule has 0 aromatic heterocycles. The predicted molar refractivity (Wildman–Crippen MR) is 85.1 cm³/mol. The van der Waals surface area contributed by atoms with Crippen LogP contribution in [0.15, 0.2) is 0 Å². The number of rotatable bonds is 7. The number of nitrogens with zero attached hydrogens (tertiary/aromatic N) is 1. The van der Waals surface area contributed by atoms with Gasteiger partial charge in [-0.1, -0.05) is 26.7 Å². The molecule has 20 heavy (non-hydrogen) atoms. The molecular formula is C17H34N2O. The molecule has 1 atom stereocenters. The van der Waals surface area contributed by atoms with Gasteiger partial charge in [0.05, 0.1) is 6.10 Å². The first-order chi connectivity index (χ1) is 9.67. The summed E-state index contributed by atoms with van der Waals surface area (Å²) in [7, 11) is 2.11. The second-order valence-electron chi connectivity index (χ2n) is 7.18. The lowest BCUT2D eigenvalue weighted by Crippen LogP contribution is -2.47. The molecule has 0 aromatic rings. The van der Waals surface area contributed by atoms with Gasteiger partial charge >= 0.3 is 0 Å². The Kier molecular flexibility index (Phi) is 6.31. The number of ether oxygens (including phenoxy) is 1. The molecule has 1 saturated carbocycles. The summed E-state index contributed by atoms with van der Waals surface area (Å²) in [6, 6.07) is 0. The molecule has 1 aliphatic heterocycles. The van der Waals surface area contributed by atoms with E-state index in [1.165, 1.54) is 51.6 Å². The molecule has 2 fully saturated rings. The van der Waals surface area contributed by atoms with Crippen molar-refractivity contribution in [1.29, 1.82) is 0 Å². The lowest BCUT2D eigenvalue weighted by atomic mass is 9.70. The minimum atomic E-state index is 0.490. The second kappa shape index (κ2) is 7.77. The van der Waals surface area contributed by atoms with Crippen LogP contribution in [0.25, 0.3) is 0 Å². The van der Waals surface area contributed by atoms with Crippen LogP contribution in [0.5, 0.6) is 0 Å². The van der Waals surface area contributed by atoms with Gasteiger partial charge in [0.25, 0.3) is 0 Å². The van der Waals surface area contributed by atoms with Crippen molar-refractivity contribution in [3.8, 4) is 0 Å². The highest BCUT2D eigenvalue weighted by Crippen LogP contribution is 2.39. The van der Waals surface area contributed by atoms with Crippen LogP contribution in [0, 0.1) is 11.3 Å². The molecule has 2 rings (SSSR count). The van der Waals surface area contributed by atoms with Crippen LogP contribution in [0.4, 0.5) is 0 Å². The van der Waals surface area contributed by atoms with Crippen LogP contribution in [-0.4, -0.2) is 50.8 Å². The standard InChI is InChI=1S/C17H34N2O/c1-4-19(12-16-6-5-11-20-16)14-17(13-18-3)9-7-15(2)8-10-17/h15-16,18H,4-14H2,1-3H3. The van der Waals surface area contributed by atoms with Gasteiger partial charge in [-0.15, -0.1) is 0 Å². The lowest BCUT2D eigenvalue weighted by molar-refractivity contribution is 0.0404. The SMILES string of the molecule is CCN(CC1CCCO1)CC1(CNC)CCC(C)CC1. The largest absolute Gasteiger partial charge is 0.377 e. The van der Waals surface area contributed by atoms with E-state index in [4.69, 9.17) is 4.74 Å². The van der Waals surface area contributed by atoms with E-state index in [0.29, 0.717) is 11.5 Å². The highest BCUT2D eigenvalue weighted by atomic mass is 16.5. The van der Waals surface area contributed by atoms with Crippen molar-refractivity contribution in [2.45, 2.75) is 58.5 Å². The molecule has 0 bridgehead atoms. The quantitative estimate of drug-likeness (QED) is 0.777. The van der Waals surface area contributed by atoms with E-state index in [0.717, 1.165) is 25.6 Å². The molecule has 2 aliphatic rings. The highest BCUT2D eigenvalue weighted by Gasteiger charge is 2.35. The van der Waals surface area contributed by atoms with Gasteiger partial charge in [0.2, 0.25) is 0 Å². The maximum Gasteiger partial charge on any atom is 0.0702 e. The summed E-state index contributed by atoms with van der Waals surface area (Å²) in [5.74, 6) is 0.924. The zero-order valence-electron chi connectivity index (χ0n) is 13.8. The van der Waals surface area contributed by atoms with E-state index in [1.54, 1.807) is 0 Å². The van der Waals surface area contributed by atoms with E-state index >= 15 is 0 Å². The predicted octanol–water partition coefficient (Wildman–Crippen LogP) is 2.90. The topological polar surface area (TPSA) is 24.5 Å². The first kappa shape index (κ1) is 16.3. The number of likely N-dealkylation sites (N-methyl/N-ethyl adjacent to an activating group) is 1. The summed E-state index contributed by atoms with van der Waals surface area (Å²) in [6.07, 6.45) is 8.57. The van der Waals surface area contributed by atoms with Crippen LogP contribution < -0.4 is 5.32 Å². The zero-order valence-corrected chi connectivity index (χ0v) is 13.8. The third-order valence-electron chi connectivity index (χ3n) is 5.38. The summed E-state index contributed by atoms with van der Waals surface area (Å²) < 4.78 is 5.83. The molecule has 0 aromatic carbocycles. The number of nitrogens with one attached hydrogen (secondary N) is 1. The van der Waals surface area contributed by atoms with Crippen molar-refractivity contribution in [2.75, 3.05) is 39.8 Å². The molecule has 3 nitrogen and oxygen atoms in total. The average Bonchev–Trinajstić information content (AvgIpc) is 2.95. The Morgan fingerprint density at radius 1 is 1.25 bits per heavy atom. The first-order valence-electron chi connectivity index (χ1n) is 8.66. The number of hydrogen-bond donors (Lipinski definition) is 1. The van der Waals surface area contributed by atoms with E-state index in [2.05, 4.69) is 31.1 Å². The Morgan fingerprint density at radius 3 is 2.55 bits per heavy atom. The Hall–Kier alpha value is -0.120. The van der Waals surface area contributed by atoms with Gasteiger partial charge in [-0.3, -0.25) is 0 Å². The van der Waals surface area contributed by atoms with Crippen molar-refractivity contribution in [3.05, 3.63) is 0 Å². The summed E-state index contributed by atoms with van der Waals surface area (Å²) in [4.78, 5) is 2.64. The highest BCUT2D eigenvalue weighted by molar-refractivity contribution is 4.89. The maximum atomic E-state index is 5.83. The van der Waals surface area contributed by atoms with Gasteiger partial charge in [-0.2, -0.15) is 0 Å². The zero-order chi connectivity index (χ0) is 14.4. The fraction of sp³-hybridized carbons (Fsp3) is 1.00. The van der Waals surface area contributed by atoms with E-state index in [9.17, 15) is 0 Å². The van der Waals surface area contributed by atoms with E-state index < -0.39 is 0 Å². The maximum absolute atomic E-state index is 5.83. The van der Waals surface area contributed by atoms with Crippen molar-refractivity contribution in [2.24, 2.45) is 11.3 Å². The molecule has 1 unspecified atom stereocenters. The first-order valence-corrected chi connectivity index (χ1v) is 8.66. The fourth-order valence-electron chi connectivity index (χ4n) is 4.00. The van der Waals surface area contributed by atoms with Crippen molar-refractivity contribution < 1.29 is 4.74 Å². The Labute approximate surface area is 125 Å². The Balaban J connectivity index is 1.90. The van der Waals surface area contributed by atoms with Crippen LogP contribution in [0.3, 0.4) is 0 Å². The second-order valence-corrected chi connectivity index (χ2v) is 7.18. The lowest BCUT2D eigenvalue weighted by Gasteiger charge is -2.43. The third-order valence-corrected chi connectivity index (χ3v) is 5.38. The summed E-state index contributed by atoms with van der Waals surface area (Å²) >= 11 is 0. The van der Waals surface area contributed by atoms with E-state index in [-0.39, 0.29) is 0 Å². The molecule has 1 aliphatic carbocycles.